The van der Waals surface area contributed by atoms with Gasteiger partial charge in [-0.15, -0.1) is 0 Å². The first-order valence-electron chi connectivity index (χ1n) is 6.10. The minimum atomic E-state index is -3.08. The molecule has 1 aliphatic rings. The average Bonchev–Trinajstić information content (AvgIpc) is 2.71. The van der Waals surface area contributed by atoms with Crippen molar-refractivity contribution in [2.75, 3.05) is 11.6 Å². The Hall–Kier alpha value is -1.10. The van der Waals surface area contributed by atoms with Crippen molar-refractivity contribution in [3.63, 3.8) is 0 Å². The molecule has 1 N–H and O–H groups in total. The van der Waals surface area contributed by atoms with Crippen LogP contribution in [0.2, 0.25) is 0 Å². The van der Waals surface area contributed by atoms with Gasteiger partial charge in [0.05, 0.1) is 10.9 Å². The molecule has 3 nitrogen and oxygen atoms in total. The molecule has 1 aromatic rings. The summed E-state index contributed by atoms with van der Waals surface area (Å²) in [7, 11) is -3.08. The van der Waals surface area contributed by atoms with E-state index in [1.54, 1.807) is 6.07 Å². The number of sulfone groups is 1. The zero-order chi connectivity index (χ0) is 13.3. The highest BCUT2D eigenvalue weighted by Crippen LogP contribution is 2.30. The Morgan fingerprint density at radius 2 is 2.06 bits per heavy atom. The smallest absolute Gasteiger partial charge is 0.152 e. The van der Waals surface area contributed by atoms with Crippen molar-refractivity contribution in [1.82, 2.24) is 0 Å². The molecular formula is C13H18FNO2S. The third-order valence-corrected chi connectivity index (χ3v) is 5.22. The van der Waals surface area contributed by atoms with Crippen LogP contribution >= 0.6 is 0 Å². The lowest BCUT2D eigenvalue weighted by atomic mass is 10.1. The van der Waals surface area contributed by atoms with E-state index in [1.165, 1.54) is 12.3 Å². The molecule has 0 amide bonds. The second kappa shape index (κ2) is 4.88. The van der Waals surface area contributed by atoms with E-state index in [4.69, 9.17) is 0 Å². The molecule has 0 spiro atoms. The molecule has 2 unspecified atom stereocenters. The van der Waals surface area contributed by atoms with Crippen molar-refractivity contribution in [2.24, 2.45) is 0 Å². The molecule has 0 saturated heterocycles. The van der Waals surface area contributed by atoms with Gasteiger partial charge in [-0.05, 0) is 37.8 Å². The topological polar surface area (TPSA) is 46.2 Å². The maximum atomic E-state index is 13.7. The molecule has 0 heterocycles. The SMILES string of the molecule is Cc1cccc(F)c1NC1CCCC1S(C)(=O)=O. The minimum Gasteiger partial charge on any atom is -0.378 e. The average molecular weight is 271 g/mol. The number of nitrogens with one attached hydrogen (secondary N) is 1. The molecule has 0 aliphatic heterocycles. The van der Waals surface area contributed by atoms with Gasteiger partial charge in [0.1, 0.15) is 5.82 Å². The van der Waals surface area contributed by atoms with Gasteiger partial charge in [0.2, 0.25) is 0 Å². The summed E-state index contributed by atoms with van der Waals surface area (Å²) in [6, 6.07) is 4.67. The van der Waals surface area contributed by atoms with E-state index in [9.17, 15) is 12.8 Å². The van der Waals surface area contributed by atoms with Gasteiger partial charge in [-0.25, -0.2) is 12.8 Å². The molecule has 1 saturated carbocycles. The van der Waals surface area contributed by atoms with E-state index < -0.39 is 15.1 Å². The molecule has 0 radical (unpaired) electrons. The zero-order valence-electron chi connectivity index (χ0n) is 10.6. The molecular weight excluding hydrogens is 253 g/mol. The van der Waals surface area contributed by atoms with E-state index in [0.29, 0.717) is 12.1 Å². The maximum absolute atomic E-state index is 13.7. The van der Waals surface area contributed by atoms with Gasteiger partial charge in [-0.3, -0.25) is 0 Å². The van der Waals surface area contributed by atoms with Crippen LogP contribution in [0.1, 0.15) is 24.8 Å². The second-order valence-corrected chi connectivity index (χ2v) is 7.25. The number of hydrogen-bond donors (Lipinski definition) is 1. The zero-order valence-corrected chi connectivity index (χ0v) is 11.4. The van der Waals surface area contributed by atoms with Crippen LogP contribution in [-0.2, 0) is 9.84 Å². The summed E-state index contributed by atoms with van der Waals surface area (Å²) in [5.74, 6) is -0.325. The van der Waals surface area contributed by atoms with Crippen LogP contribution in [0.15, 0.2) is 18.2 Å². The quantitative estimate of drug-likeness (QED) is 0.919. The molecule has 5 heteroatoms. The second-order valence-electron chi connectivity index (χ2n) is 4.98. The van der Waals surface area contributed by atoms with Gasteiger partial charge in [0.15, 0.2) is 9.84 Å². The van der Waals surface area contributed by atoms with Crippen LogP contribution in [0.5, 0.6) is 0 Å². The lowest BCUT2D eigenvalue weighted by molar-refractivity contribution is 0.577. The number of aryl methyl sites for hydroxylation is 1. The molecule has 100 valence electrons. The van der Waals surface area contributed by atoms with Gasteiger partial charge in [-0.1, -0.05) is 12.1 Å². The van der Waals surface area contributed by atoms with Crippen molar-refractivity contribution in [3.8, 4) is 0 Å². The molecule has 1 aliphatic carbocycles. The molecule has 0 aromatic heterocycles. The summed E-state index contributed by atoms with van der Waals surface area (Å²) >= 11 is 0. The normalized spacial score (nSPS) is 24.2. The van der Waals surface area contributed by atoms with Crippen LogP contribution in [0.25, 0.3) is 0 Å². The predicted molar refractivity (Wildman–Crippen MR) is 71.0 cm³/mol. The van der Waals surface area contributed by atoms with Gasteiger partial charge in [-0.2, -0.15) is 0 Å². The van der Waals surface area contributed by atoms with Crippen LogP contribution in [0.3, 0.4) is 0 Å². The Morgan fingerprint density at radius 1 is 1.33 bits per heavy atom. The maximum Gasteiger partial charge on any atom is 0.152 e. The lowest BCUT2D eigenvalue weighted by Gasteiger charge is -2.22. The fourth-order valence-electron chi connectivity index (χ4n) is 2.60. The highest BCUT2D eigenvalue weighted by Gasteiger charge is 2.35. The van der Waals surface area contributed by atoms with Gasteiger partial charge in [0, 0.05) is 12.3 Å². The van der Waals surface area contributed by atoms with Crippen molar-refractivity contribution in [3.05, 3.63) is 29.6 Å². The van der Waals surface area contributed by atoms with Crippen LogP contribution < -0.4 is 5.32 Å². The molecule has 2 rings (SSSR count). The standard InChI is InChI=1S/C13H18FNO2S/c1-9-5-3-6-10(14)13(9)15-11-7-4-8-12(11)18(2,16)17/h3,5-6,11-12,15H,4,7-8H2,1-2H3. The number of anilines is 1. The van der Waals surface area contributed by atoms with Gasteiger partial charge >= 0.3 is 0 Å². The Balaban J connectivity index is 2.24. The highest BCUT2D eigenvalue weighted by atomic mass is 32.2. The van der Waals surface area contributed by atoms with Gasteiger partial charge < -0.3 is 5.32 Å². The molecule has 2 atom stereocenters. The largest absolute Gasteiger partial charge is 0.378 e. The molecule has 18 heavy (non-hydrogen) atoms. The van der Waals surface area contributed by atoms with Crippen LogP contribution in [-0.4, -0.2) is 26.0 Å². The summed E-state index contributed by atoms with van der Waals surface area (Å²) in [4.78, 5) is 0. The summed E-state index contributed by atoms with van der Waals surface area (Å²) in [5.41, 5.74) is 1.23. The lowest BCUT2D eigenvalue weighted by Crippen LogP contribution is -2.34. The first-order chi connectivity index (χ1) is 8.39. The van der Waals surface area contributed by atoms with Gasteiger partial charge in [0.25, 0.3) is 0 Å². The monoisotopic (exact) mass is 271 g/mol. The van der Waals surface area contributed by atoms with Crippen molar-refractivity contribution >= 4 is 15.5 Å². The van der Waals surface area contributed by atoms with E-state index >= 15 is 0 Å². The molecule has 1 fully saturated rings. The number of benzene rings is 1. The Kier molecular flexibility index (Phi) is 3.61. The Labute approximate surface area is 107 Å². The predicted octanol–water partition coefficient (Wildman–Crippen LogP) is 2.51. The third kappa shape index (κ3) is 2.66. The number of halogens is 1. The first kappa shape index (κ1) is 13.3. The van der Waals surface area contributed by atoms with Crippen molar-refractivity contribution in [1.29, 1.82) is 0 Å². The number of hydrogen-bond acceptors (Lipinski definition) is 3. The summed E-state index contributed by atoms with van der Waals surface area (Å²) in [5, 5.41) is 2.67. The summed E-state index contributed by atoms with van der Waals surface area (Å²) in [6.45, 7) is 1.82. The van der Waals surface area contributed by atoms with Crippen LogP contribution in [0, 0.1) is 12.7 Å². The van der Waals surface area contributed by atoms with E-state index in [2.05, 4.69) is 5.32 Å². The third-order valence-electron chi connectivity index (χ3n) is 3.55. The fraction of sp³-hybridized carbons (Fsp3) is 0.538. The molecule has 1 aromatic carbocycles. The van der Waals surface area contributed by atoms with Crippen molar-refractivity contribution in [2.45, 2.75) is 37.5 Å². The van der Waals surface area contributed by atoms with E-state index in [1.807, 2.05) is 13.0 Å². The Bertz CT molecular complexity index is 522. The van der Waals surface area contributed by atoms with Crippen molar-refractivity contribution < 1.29 is 12.8 Å². The highest BCUT2D eigenvalue weighted by molar-refractivity contribution is 7.91. The summed E-state index contributed by atoms with van der Waals surface area (Å²) in [6.07, 6.45) is 3.55. The fourth-order valence-corrected chi connectivity index (χ4v) is 4.00. The Morgan fingerprint density at radius 3 is 2.67 bits per heavy atom. The number of para-hydroxylation sites is 1. The minimum absolute atomic E-state index is 0.185. The first-order valence-corrected chi connectivity index (χ1v) is 8.05. The number of rotatable bonds is 3. The summed E-state index contributed by atoms with van der Waals surface area (Å²) < 4.78 is 37.1. The van der Waals surface area contributed by atoms with E-state index in [0.717, 1.165) is 18.4 Å². The van der Waals surface area contributed by atoms with E-state index in [-0.39, 0.29) is 11.9 Å². The molecule has 0 bridgehead atoms. The van der Waals surface area contributed by atoms with Crippen LogP contribution in [0.4, 0.5) is 10.1 Å².